The van der Waals surface area contributed by atoms with Crippen molar-refractivity contribution in [3.63, 3.8) is 0 Å². The van der Waals surface area contributed by atoms with Gasteiger partial charge in [0.25, 0.3) is 11.1 Å². The summed E-state index contributed by atoms with van der Waals surface area (Å²) < 4.78 is 6.24. The molecule has 0 saturated carbocycles. The highest BCUT2D eigenvalue weighted by Crippen LogP contribution is 2.35. The van der Waals surface area contributed by atoms with Gasteiger partial charge in [-0.3, -0.25) is 14.5 Å². The number of amides is 2. The molecule has 1 aliphatic heterocycles. The van der Waals surface area contributed by atoms with Crippen LogP contribution in [0.15, 0.2) is 51.8 Å². The lowest BCUT2D eigenvalue weighted by Gasteiger charge is -2.12. The van der Waals surface area contributed by atoms with Gasteiger partial charge in [-0.15, -0.1) is 0 Å². The van der Waals surface area contributed by atoms with Crippen molar-refractivity contribution >= 4 is 44.9 Å². The number of aromatic hydroxyl groups is 1. The van der Waals surface area contributed by atoms with Crippen LogP contribution in [0.3, 0.4) is 0 Å². The first-order valence-electron chi connectivity index (χ1n) is 7.93. The monoisotopic (exact) mass is 433 g/mol. The molecule has 0 aliphatic carbocycles. The minimum absolute atomic E-state index is 0.0340. The van der Waals surface area contributed by atoms with Gasteiger partial charge in [-0.25, -0.2) is 0 Å². The standard InChI is InChI=1S/C19H16BrNO4S/c1-2-25-16-9-12(6-7-15(16)22)10-17-18(23)21(19(24)26-17)11-13-4-3-5-14(20)8-13/h3-10,22H,2,11H2,1H3/b17-10+. The molecule has 0 atom stereocenters. The number of carbonyl (C=O) groups excluding carboxylic acids is 2. The van der Waals surface area contributed by atoms with Gasteiger partial charge in [0, 0.05) is 4.47 Å². The zero-order valence-electron chi connectivity index (χ0n) is 13.9. The van der Waals surface area contributed by atoms with Crippen molar-refractivity contribution in [2.45, 2.75) is 13.5 Å². The molecule has 1 aliphatic rings. The fourth-order valence-corrected chi connectivity index (χ4v) is 3.78. The van der Waals surface area contributed by atoms with Crippen LogP contribution in [0.1, 0.15) is 18.1 Å². The normalized spacial score (nSPS) is 15.8. The third-order valence-corrected chi connectivity index (χ3v) is 5.09. The second kappa shape index (κ2) is 7.97. The van der Waals surface area contributed by atoms with Crippen LogP contribution in [0, 0.1) is 0 Å². The summed E-state index contributed by atoms with van der Waals surface area (Å²) in [5.41, 5.74) is 1.55. The summed E-state index contributed by atoms with van der Waals surface area (Å²) in [6.07, 6.45) is 1.63. The van der Waals surface area contributed by atoms with Crippen LogP contribution >= 0.6 is 27.7 Å². The molecule has 0 spiro atoms. The highest BCUT2D eigenvalue weighted by Gasteiger charge is 2.35. The molecule has 0 radical (unpaired) electrons. The number of thioether (sulfide) groups is 1. The SMILES string of the molecule is CCOc1cc(/C=C2/SC(=O)N(Cc3cccc(Br)c3)C2=O)ccc1O. The van der Waals surface area contributed by atoms with Crippen molar-refractivity contribution < 1.29 is 19.4 Å². The van der Waals surface area contributed by atoms with Crippen LogP contribution in [0.2, 0.25) is 0 Å². The number of hydrogen-bond acceptors (Lipinski definition) is 5. The molecule has 134 valence electrons. The average molecular weight is 434 g/mol. The molecule has 0 bridgehead atoms. The molecule has 0 aromatic heterocycles. The molecule has 7 heteroatoms. The molecule has 0 unspecified atom stereocenters. The third-order valence-electron chi connectivity index (χ3n) is 3.68. The van der Waals surface area contributed by atoms with Crippen LogP contribution in [0.4, 0.5) is 4.79 Å². The number of hydrogen-bond donors (Lipinski definition) is 1. The van der Waals surface area contributed by atoms with Gasteiger partial charge in [0.05, 0.1) is 18.1 Å². The fraction of sp³-hybridized carbons (Fsp3) is 0.158. The molecule has 1 saturated heterocycles. The molecule has 1 heterocycles. The van der Waals surface area contributed by atoms with Gasteiger partial charge in [-0.2, -0.15) is 0 Å². The maximum Gasteiger partial charge on any atom is 0.293 e. The fourth-order valence-electron chi connectivity index (χ4n) is 2.50. The van der Waals surface area contributed by atoms with E-state index < -0.39 is 0 Å². The van der Waals surface area contributed by atoms with Crippen LogP contribution < -0.4 is 4.74 Å². The lowest BCUT2D eigenvalue weighted by molar-refractivity contribution is -0.123. The molecule has 1 fully saturated rings. The third kappa shape index (κ3) is 4.11. The van der Waals surface area contributed by atoms with Gasteiger partial charge in [0.1, 0.15) is 0 Å². The number of nitrogens with zero attached hydrogens (tertiary/aromatic N) is 1. The van der Waals surface area contributed by atoms with Gasteiger partial charge in [0.2, 0.25) is 0 Å². The molecular weight excluding hydrogens is 418 g/mol. The maximum absolute atomic E-state index is 12.6. The Morgan fingerprint density at radius 3 is 2.77 bits per heavy atom. The largest absolute Gasteiger partial charge is 0.504 e. The van der Waals surface area contributed by atoms with Gasteiger partial charge < -0.3 is 9.84 Å². The highest BCUT2D eigenvalue weighted by molar-refractivity contribution is 9.10. The minimum atomic E-state index is -0.328. The Kier molecular flexibility index (Phi) is 5.68. The van der Waals surface area contributed by atoms with E-state index in [0.29, 0.717) is 22.8 Å². The van der Waals surface area contributed by atoms with E-state index in [1.54, 1.807) is 18.2 Å². The van der Waals surface area contributed by atoms with Gasteiger partial charge in [-0.05, 0) is 60.2 Å². The highest BCUT2D eigenvalue weighted by atomic mass is 79.9. The van der Waals surface area contributed by atoms with Crippen molar-refractivity contribution in [1.82, 2.24) is 4.90 Å². The second-order valence-electron chi connectivity index (χ2n) is 5.56. The lowest BCUT2D eigenvalue weighted by atomic mass is 10.1. The number of ether oxygens (including phenoxy) is 1. The number of phenolic OH excluding ortho intramolecular Hbond substituents is 1. The number of rotatable bonds is 5. The zero-order valence-corrected chi connectivity index (χ0v) is 16.3. The first kappa shape index (κ1) is 18.5. The summed E-state index contributed by atoms with van der Waals surface area (Å²) in [5, 5.41) is 9.46. The predicted octanol–water partition coefficient (Wildman–Crippen LogP) is 4.79. The van der Waals surface area contributed by atoms with Crippen molar-refractivity contribution in [2.24, 2.45) is 0 Å². The molecule has 2 amide bonds. The summed E-state index contributed by atoms with van der Waals surface area (Å²) in [7, 11) is 0. The van der Waals surface area contributed by atoms with E-state index in [-0.39, 0.29) is 23.4 Å². The van der Waals surface area contributed by atoms with E-state index in [1.165, 1.54) is 11.0 Å². The van der Waals surface area contributed by atoms with Crippen molar-refractivity contribution in [2.75, 3.05) is 6.61 Å². The van der Waals surface area contributed by atoms with E-state index in [0.717, 1.165) is 21.8 Å². The summed E-state index contributed by atoms with van der Waals surface area (Å²) in [6, 6.07) is 12.3. The second-order valence-corrected chi connectivity index (χ2v) is 7.47. The quantitative estimate of drug-likeness (QED) is 0.686. The average Bonchev–Trinajstić information content (AvgIpc) is 2.86. The smallest absolute Gasteiger partial charge is 0.293 e. The molecule has 1 N–H and O–H groups in total. The molecular formula is C19H16BrNO4S. The van der Waals surface area contributed by atoms with Crippen molar-refractivity contribution in [1.29, 1.82) is 0 Å². The van der Waals surface area contributed by atoms with E-state index in [9.17, 15) is 14.7 Å². The van der Waals surface area contributed by atoms with Gasteiger partial charge >= 0.3 is 0 Å². The molecule has 5 nitrogen and oxygen atoms in total. The Bertz CT molecular complexity index is 897. The Morgan fingerprint density at radius 2 is 2.04 bits per heavy atom. The summed E-state index contributed by atoms with van der Waals surface area (Å²) in [6.45, 7) is 2.46. The van der Waals surface area contributed by atoms with Crippen LogP contribution in [0.5, 0.6) is 11.5 Å². The van der Waals surface area contributed by atoms with Crippen molar-refractivity contribution in [3.05, 3.63) is 63.0 Å². The Labute approximate surface area is 163 Å². The Hall–Kier alpha value is -2.25. The van der Waals surface area contributed by atoms with Crippen LogP contribution in [-0.2, 0) is 11.3 Å². The summed E-state index contributed by atoms with van der Waals surface area (Å²) in [5.74, 6) is 0.0485. The number of phenols is 1. The topological polar surface area (TPSA) is 66.8 Å². The van der Waals surface area contributed by atoms with E-state index in [1.807, 2.05) is 31.2 Å². The minimum Gasteiger partial charge on any atom is -0.504 e. The number of halogens is 1. The zero-order chi connectivity index (χ0) is 18.7. The number of benzene rings is 2. The predicted molar refractivity (Wildman–Crippen MR) is 105 cm³/mol. The lowest BCUT2D eigenvalue weighted by Crippen LogP contribution is -2.27. The number of carbonyl (C=O) groups is 2. The Balaban J connectivity index is 1.82. The first-order chi connectivity index (χ1) is 12.5. The van der Waals surface area contributed by atoms with Crippen LogP contribution in [0.25, 0.3) is 6.08 Å². The number of imide groups is 1. The van der Waals surface area contributed by atoms with Crippen LogP contribution in [-0.4, -0.2) is 27.8 Å². The van der Waals surface area contributed by atoms with Gasteiger partial charge in [0.15, 0.2) is 11.5 Å². The van der Waals surface area contributed by atoms with E-state index in [2.05, 4.69) is 15.9 Å². The first-order valence-corrected chi connectivity index (χ1v) is 9.54. The molecule has 2 aromatic rings. The Morgan fingerprint density at radius 1 is 1.23 bits per heavy atom. The van der Waals surface area contributed by atoms with Crippen molar-refractivity contribution in [3.8, 4) is 11.5 Å². The van der Waals surface area contributed by atoms with E-state index in [4.69, 9.17) is 4.74 Å². The van der Waals surface area contributed by atoms with E-state index >= 15 is 0 Å². The summed E-state index contributed by atoms with van der Waals surface area (Å²) in [4.78, 5) is 26.4. The molecule has 26 heavy (non-hydrogen) atoms. The maximum atomic E-state index is 12.6. The van der Waals surface area contributed by atoms with Gasteiger partial charge in [-0.1, -0.05) is 34.1 Å². The molecule has 2 aromatic carbocycles. The summed E-state index contributed by atoms with van der Waals surface area (Å²) >= 11 is 4.29. The molecule has 3 rings (SSSR count).